The van der Waals surface area contributed by atoms with Gasteiger partial charge in [0.25, 0.3) is 0 Å². The van der Waals surface area contributed by atoms with Crippen LogP contribution in [-0.2, 0) is 6.42 Å². The van der Waals surface area contributed by atoms with E-state index in [2.05, 4.69) is 72.8 Å². The highest BCUT2D eigenvalue weighted by Crippen LogP contribution is 1.99. The molecule has 4 heteroatoms. The fraction of sp³-hybridized carbons (Fsp3) is 0.333. The van der Waals surface area contributed by atoms with E-state index in [9.17, 15) is 0 Å². The van der Waals surface area contributed by atoms with Gasteiger partial charge in [-0.05, 0) is 17.2 Å². The molecule has 0 radical (unpaired) electrons. The third kappa shape index (κ3) is 7.62. The summed E-state index contributed by atoms with van der Waals surface area (Å²) >= 11 is 0. The summed E-state index contributed by atoms with van der Waals surface area (Å²) in [6.45, 7) is 7.63. The minimum atomic E-state index is 0. The maximum absolute atomic E-state index is 2.33. The molecule has 2 aromatic carbocycles. The van der Waals surface area contributed by atoms with Crippen LogP contribution in [0.15, 0.2) is 66.7 Å². The maximum Gasteiger partial charge on any atom is 0.127 e. The molecule has 0 saturated carbocycles. The predicted octanol–water partition coefficient (Wildman–Crippen LogP) is -5.27. The van der Waals surface area contributed by atoms with Crippen LogP contribution in [0.2, 0.25) is 0 Å². The first-order valence-corrected chi connectivity index (χ1v) is 8.83. The molecule has 25 heavy (non-hydrogen) atoms. The van der Waals surface area contributed by atoms with Gasteiger partial charge < -0.3 is 34.6 Å². The number of piperazine rings is 1. The van der Waals surface area contributed by atoms with E-state index in [-0.39, 0.29) is 24.8 Å². The Morgan fingerprint density at radius 3 is 1.92 bits per heavy atom. The van der Waals surface area contributed by atoms with Gasteiger partial charge in [0.15, 0.2) is 0 Å². The van der Waals surface area contributed by atoms with Gasteiger partial charge in [0, 0.05) is 6.42 Å². The minimum Gasteiger partial charge on any atom is -1.00 e. The summed E-state index contributed by atoms with van der Waals surface area (Å²) in [5.41, 5.74) is 2.78. The zero-order chi connectivity index (χ0) is 15.7. The molecule has 3 rings (SSSR count). The minimum absolute atomic E-state index is 0. The van der Waals surface area contributed by atoms with E-state index in [4.69, 9.17) is 0 Å². The van der Waals surface area contributed by atoms with E-state index in [1.165, 1.54) is 50.3 Å². The van der Waals surface area contributed by atoms with Crippen molar-refractivity contribution in [1.29, 1.82) is 0 Å². The molecule has 2 aromatic rings. The second-order valence-corrected chi connectivity index (χ2v) is 6.50. The molecule has 0 bridgehead atoms. The van der Waals surface area contributed by atoms with Crippen molar-refractivity contribution in [1.82, 2.24) is 0 Å². The number of halogens is 2. The van der Waals surface area contributed by atoms with Crippen molar-refractivity contribution >= 4 is 6.08 Å². The Labute approximate surface area is 164 Å². The van der Waals surface area contributed by atoms with Crippen molar-refractivity contribution in [3.8, 4) is 0 Å². The highest BCUT2D eigenvalue weighted by atomic mass is 35.5. The molecule has 0 unspecified atom stereocenters. The van der Waals surface area contributed by atoms with Crippen LogP contribution in [0.25, 0.3) is 6.08 Å². The van der Waals surface area contributed by atoms with Gasteiger partial charge in [-0.3, -0.25) is 0 Å². The topological polar surface area (TPSA) is 8.88 Å². The summed E-state index contributed by atoms with van der Waals surface area (Å²) in [7, 11) is 0. The van der Waals surface area contributed by atoms with Crippen LogP contribution in [0, 0.1) is 0 Å². The first kappa shape index (κ1) is 21.7. The number of hydrogen-bond acceptors (Lipinski definition) is 0. The van der Waals surface area contributed by atoms with Crippen LogP contribution in [0.4, 0.5) is 0 Å². The molecule has 0 aromatic heterocycles. The van der Waals surface area contributed by atoms with E-state index in [0.29, 0.717) is 0 Å². The van der Waals surface area contributed by atoms with Crippen molar-refractivity contribution < 1.29 is 34.6 Å². The molecule has 2 N–H and O–H groups in total. The molecular formula is C21H28Cl2N2. The van der Waals surface area contributed by atoms with Crippen LogP contribution in [-0.4, -0.2) is 39.3 Å². The van der Waals surface area contributed by atoms with Crippen LogP contribution in [0.5, 0.6) is 0 Å². The Bertz CT molecular complexity index is 594. The largest absolute Gasteiger partial charge is 1.00 e. The second-order valence-electron chi connectivity index (χ2n) is 6.50. The lowest BCUT2D eigenvalue weighted by Crippen LogP contribution is -3.28. The van der Waals surface area contributed by atoms with E-state index >= 15 is 0 Å². The lowest BCUT2D eigenvalue weighted by molar-refractivity contribution is -1.01. The maximum atomic E-state index is 2.33. The summed E-state index contributed by atoms with van der Waals surface area (Å²) in [6.07, 6.45) is 5.79. The number of benzene rings is 2. The first-order valence-electron chi connectivity index (χ1n) is 8.83. The molecule has 1 aliphatic rings. The van der Waals surface area contributed by atoms with Crippen LogP contribution in [0.1, 0.15) is 11.1 Å². The zero-order valence-corrected chi connectivity index (χ0v) is 16.1. The highest BCUT2D eigenvalue weighted by Gasteiger charge is 2.21. The van der Waals surface area contributed by atoms with Crippen LogP contribution in [0.3, 0.4) is 0 Å². The highest BCUT2D eigenvalue weighted by molar-refractivity contribution is 5.48. The predicted molar refractivity (Wildman–Crippen MR) is 96.7 cm³/mol. The number of nitrogens with one attached hydrogen (secondary N) is 2. The Balaban J connectivity index is 0.00000156. The quantitative estimate of drug-likeness (QED) is 0.497. The molecule has 136 valence electrons. The number of rotatable bonds is 6. The van der Waals surface area contributed by atoms with E-state index in [1.807, 2.05) is 0 Å². The molecule has 0 amide bonds. The SMILES string of the molecule is C(=C\c1ccccc1)/C[NH+]1CC[NH+](CCc2ccccc2)CC1.[Cl-].[Cl-]. The second kappa shape index (κ2) is 12.1. The normalized spacial score (nSPS) is 19.8. The van der Waals surface area contributed by atoms with Gasteiger partial charge in [-0.25, -0.2) is 0 Å². The third-order valence-electron chi connectivity index (χ3n) is 4.79. The number of hydrogen-bond donors (Lipinski definition) is 2. The monoisotopic (exact) mass is 378 g/mol. The molecule has 0 aliphatic carbocycles. The molecule has 1 fully saturated rings. The fourth-order valence-corrected chi connectivity index (χ4v) is 3.30. The first-order chi connectivity index (χ1) is 11.4. The van der Waals surface area contributed by atoms with Crippen molar-refractivity contribution in [2.24, 2.45) is 0 Å². The summed E-state index contributed by atoms with van der Waals surface area (Å²) in [6, 6.07) is 21.5. The third-order valence-corrected chi connectivity index (χ3v) is 4.79. The average molecular weight is 379 g/mol. The summed E-state index contributed by atoms with van der Waals surface area (Å²) in [4.78, 5) is 3.49. The van der Waals surface area contributed by atoms with Crippen LogP contribution >= 0.6 is 0 Å². The lowest BCUT2D eigenvalue weighted by Gasteiger charge is -2.29. The zero-order valence-electron chi connectivity index (χ0n) is 14.6. The van der Waals surface area contributed by atoms with Gasteiger partial charge in [0.05, 0.1) is 13.1 Å². The Morgan fingerprint density at radius 1 is 0.720 bits per heavy atom. The van der Waals surface area contributed by atoms with Crippen LogP contribution < -0.4 is 34.6 Å². The van der Waals surface area contributed by atoms with E-state index < -0.39 is 0 Å². The van der Waals surface area contributed by atoms with Gasteiger partial charge >= 0.3 is 0 Å². The van der Waals surface area contributed by atoms with E-state index in [0.717, 1.165) is 6.54 Å². The smallest absolute Gasteiger partial charge is 0.127 e. The van der Waals surface area contributed by atoms with E-state index in [1.54, 1.807) is 9.80 Å². The number of quaternary nitrogens is 2. The van der Waals surface area contributed by atoms with Crippen molar-refractivity contribution in [2.45, 2.75) is 6.42 Å². The van der Waals surface area contributed by atoms with Gasteiger partial charge in [0.2, 0.25) is 0 Å². The van der Waals surface area contributed by atoms with Gasteiger partial charge in [-0.2, -0.15) is 0 Å². The summed E-state index contributed by atoms with van der Waals surface area (Å²) < 4.78 is 0. The van der Waals surface area contributed by atoms with Gasteiger partial charge in [-0.15, -0.1) is 0 Å². The molecule has 1 heterocycles. The van der Waals surface area contributed by atoms with Crippen molar-refractivity contribution in [2.75, 3.05) is 39.3 Å². The molecule has 1 saturated heterocycles. The fourth-order valence-electron chi connectivity index (χ4n) is 3.30. The Morgan fingerprint density at radius 2 is 1.28 bits per heavy atom. The van der Waals surface area contributed by atoms with Crippen molar-refractivity contribution in [3.05, 3.63) is 77.9 Å². The molecule has 0 atom stereocenters. The summed E-state index contributed by atoms with van der Waals surface area (Å²) in [5, 5.41) is 0. The molecule has 0 spiro atoms. The lowest BCUT2D eigenvalue weighted by atomic mass is 10.1. The Kier molecular flexibility index (Phi) is 10.5. The summed E-state index contributed by atoms with van der Waals surface area (Å²) in [5.74, 6) is 0. The van der Waals surface area contributed by atoms with Gasteiger partial charge in [0.1, 0.15) is 26.2 Å². The molecule has 1 aliphatic heterocycles. The average Bonchev–Trinajstić information content (AvgIpc) is 2.63. The molecule has 2 nitrogen and oxygen atoms in total. The standard InChI is InChI=1S/C21H26N2.2ClH/c1-3-8-20(9-4-1)12-7-14-22-16-18-23(19-17-22)15-13-21-10-5-2-6-11-21;;/h1-12H,13-19H2;2*1H/b12-7+;;. The Hall–Kier alpha value is -1.32. The van der Waals surface area contributed by atoms with Crippen molar-refractivity contribution in [3.63, 3.8) is 0 Å². The molecular weight excluding hydrogens is 351 g/mol. The van der Waals surface area contributed by atoms with Gasteiger partial charge in [-0.1, -0.05) is 66.7 Å².